The minimum Gasteiger partial charge on any atom is -0.489 e. The molecule has 154 valence electrons. The van der Waals surface area contributed by atoms with Gasteiger partial charge in [-0.2, -0.15) is 0 Å². The minimum atomic E-state index is -0.656. The second kappa shape index (κ2) is 9.41. The van der Waals surface area contributed by atoms with E-state index < -0.39 is 11.8 Å². The number of carbonyl (C=O) groups is 1. The maximum atomic E-state index is 12.9. The van der Waals surface area contributed by atoms with E-state index >= 15 is 0 Å². The number of carbonyl (C=O) groups excluding carboxylic acids is 1. The van der Waals surface area contributed by atoms with Crippen LogP contribution in [0.2, 0.25) is 5.02 Å². The number of benzene rings is 3. The van der Waals surface area contributed by atoms with Crippen LogP contribution < -0.4 is 10.5 Å². The molecule has 0 spiro atoms. The van der Waals surface area contributed by atoms with Gasteiger partial charge in [-0.1, -0.05) is 28.9 Å². The molecule has 3 aromatic rings. The number of nitrogens with zero attached hydrogens (tertiary/aromatic N) is 1. The Kier molecular flexibility index (Phi) is 6.69. The number of hydrogen-bond acceptors (Lipinski definition) is 4. The van der Waals surface area contributed by atoms with Crippen molar-refractivity contribution in [2.24, 2.45) is 10.9 Å². The molecule has 2 N–H and O–H groups in total. The van der Waals surface area contributed by atoms with E-state index in [1.807, 2.05) is 26.0 Å². The minimum absolute atomic E-state index is 0.0260. The molecule has 30 heavy (non-hydrogen) atoms. The molecule has 0 radical (unpaired) electrons. The standard InChI is InChI=1S/C23H20ClFN2O3/c1-14-11-20(12-15(2)21(14)24)29-13-16-3-5-18(6-4-16)23(28)30-27-22(26)17-7-9-19(25)10-8-17/h3-12H,13H2,1-2H3,(H2,26,27). The molecule has 0 heterocycles. The predicted molar refractivity (Wildman–Crippen MR) is 114 cm³/mol. The molecule has 0 aromatic heterocycles. The second-order valence-electron chi connectivity index (χ2n) is 6.72. The fraction of sp³-hybridized carbons (Fsp3) is 0.130. The Labute approximate surface area is 178 Å². The van der Waals surface area contributed by atoms with Crippen LogP contribution in [0.15, 0.2) is 65.8 Å². The number of oxime groups is 1. The fourth-order valence-corrected chi connectivity index (χ4v) is 2.82. The van der Waals surface area contributed by atoms with Gasteiger partial charge in [-0.05, 0) is 79.1 Å². The summed E-state index contributed by atoms with van der Waals surface area (Å²) in [5, 5.41) is 4.34. The summed E-state index contributed by atoms with van der Waals surface area (Å²) in [6.07, 6.45) is 0. The van der Waals surface area contributed by atoms with Gasteiger partial charge in [0.1, 0.15) is 18.2 Å². The Morgan fingerprint density at radius 1 is 1.00 bits per heavy atom. The number of hydrogen-bond donors (Lipinski definition) is 1. The summed E-state index contributed by atoms with van der Waals surface area (Å²) in [6, 6.07) is 15.9. The van der Waals surface area contributed by atoms with Crippen LogP contribution >= 0.6 is 11.6 Å². The third-order valence-electron chi connectivity index (χ3n) is 4.37. The summed E-state index contributed by atoms with van der Waals surface area (Å²) >= 11 is 6.17. The first-order valence-corrected chi connectivity index (χ1v) is 9.50. The quantitative estimate of drug-likeness (QED) is 0.256. The summed E-state index contributed by atoms with van der Waals surface area (Å²) in [5.41, 5.74) is 9.29. The van der Waals surface area contributed by atoms with Gasteiger partial charge in [-0.25, -0.2) is 9.18 Å². The molecule has 3 rings (SSSR count). The molecule has 0 saturated carbocycles. The highest BCUT2D eigenvalue weighted by Gasteiger charge is 2.09. The van der Waals surface area contributed by atoms with Crippen molar-refractivity contribution < 1.29 is 18.8 Å². The molecule has 7 heteroatoms. The number of amidine groups is 1. The topological polar surface area (TPSA) is 73.9 Å². The van der Waals surface area contributed by atoms with Crippen molar-refractivity contribution in [3.8, 4) is 5.75 Å². The van der Waals surface area contributed by atoms with Gasteiger partial charge in [0.25, 0.3) is 0 Å². The van der Waals surface area contributed by atoms with Gasteiger partial charge >= 0.3 is 5.97 Å². The molecular formula is C23H20ClFN2O3. The molecule has 0 unspecified atom stereocenters. The van der Waals surface area contributed by atoms with E-state index in [0.29, 0.717) is 17.7 Å². The van der Waals surface area contributed by atoms with Gasteiger partial charge in [0.05, 0.1) is 5.56 Å². The third-order valence-corrected chi connectivity index (χ3v) is 4.97. The molecular weight excluding hydrogens is 407 g/mol. The molecule has 0 amide bonds. The fourth-order valence-electron chi connectivity index (χ4n) is 2.71. The van der Waals surface area contributed by atoms with Crippen molar-refractivity contribution in [2.45, 2.75) is 20.5 Å². The van der Waals surface area contributed by atoms with Crippen molar-refractivity contribution in [1.82, 2.24) is 0 Å². The average Bonchev–Trinajstić information content (AvgIpc) is 2.75. The summed E-state index contributed by atoms with van der Waals surface area (Å²) in [7, 11) is 0. The van der Waals surface area contributed by atoms with Gasteiger partial charge in [-0.15, -0.1) is 0 Å². The van der Waals surface area contributed by atoms with E-state index in [4.69, 9.17) is 26.9 Å². The van der Waals surface area contributed by atoms with Crippen molar-refractivity contribution in [2.75, 3.05) is 0 Å². The Hall–Kier alpha value is -3.38. The molecule has 0 aliphatic heterocycles. The van der Waals surface area contributed by atoms with E-state index in [0.717, 1.165) is 27.5 Å². The van der Waals surface area contributed by atoms with Crippen LogP contribution in [-0.2, 0) is 11.4 Å². The predicted octanol–water partition coefficient (Wildman–Crippen LogP) is 5.15. The number of nitrogens with two attached hydrogens (primary N) is 1. The maximum absolute atomic E-state index is 12.9. The van der Waals surface area contributed by atoms with Gasteiger partial charge in [0.2, 0.25) is 0 Å². The SMILES string of the molecule is Cc1cc(OCc2ccc(C(=O)O/N=C(\N)c3ccc(F)cc3)cc2)cc(C)c1Cl. The van der Waals surface area contributed by atoms with Gasteiger partial charge < -0.3 is 15.3 Å². The van der Waals surface area contributed by atoms with E-state index in [1.54, 1.807) is 24.3 Å². The molecule has 0 aliphatic carbocycles. The summed E-state index contributed by atoms with van der Waals surface area (Å²) < 4.78 is 18.7. The summed E-state index contributed by atoms with van der Waals surface area (Å²) in [6.45, 7) is 4.19. The highest BCUT2D eigenvalue weighted by Crippen LogP contribution is 2.26. The van der Waals surface area contributed by atoms with Crippen LogP contribution in [-0.4, -0.2) is 11.8 Å². The molecule has 0 bridgehead atoms. The second-order valence-corrected chi connectivity index (χ2v) is 7.10. The number of rotatable bonds is 6. The normalized spacial score (nSPS) is 11.3. The number of halogens is 2. The third kappa shape index (κ3) is 5.36. The molecule has 5 nitrogen and oxygen atoms in total. The summed E-state index contributed by atoms with van der Waals surface area (Å²) in [4.78, 5) is 17.0. The average molecular weight is 427 g/mol. The highest BCUT2D eigenvalue weighted by molar-refractivity contribution is 6.32. The van der Waals surface area contributed by atoms with Crippen LogP contribution in [0.3, 0.4) is 0 Å². The van der Waals surface area contributed by atoms with Gasteiger partial charge in [0, 0.05) is 10.6 Å². The Morgan fingerprint density at radius 2 is 1.57 bits per heavy atom. The molecule has 3 aromatic carbocycles. The zero-order valence-corrected chi connectivity index (χ0v) is 17.2. The van der Waals surface area contributed by atoms with Crippen LogP contribution in [0.1, 0.15) is 32.6 Å². The smallest absolute Gasteiger partial charge is 0.365 e. The molecule has 0 saturated heterocycles. The molecule has 0 fully saturated rings. The Balaban J connectivity index is 1.59. The Bertz CT molecular complexity index is 1060. The zero-order chi connectivity index (χ0) is 21.7. The number of aryl methyl sites for hydroxylation is 2. The lowest BCUT2D eigenvalue weighted by atomic mass is 10.1. The van der Waals surface area contributed by atoms with E-state index in [1.165, 1.54) is 24.3 Å². The monoisotopic (exact) mass is 426 g/mol. The van der Waals surface area contributed by atoms with E-state index in [-0.39, 0.29) is 5.84 Å². The van der Waals surface area contributed by atoms with Crippen LogP contribution in [0.4, 0.5) is 4.39 Å². The molecule has 0 aliphatic rings. The zero-order valence-electron chi connectivity index (χ0n) is 16.5. The first-order valence-electron chi connectivity index (χ1n) is 9.12. The van der Waals surface area contributed by atoms with Crippen LogP contribution in [0.25, 0.3) is 0 Å². The lowest BCUT2D eigenvalue weighted by molar-refractivity contribution is 0.0516. The molecule has 0 atom stereocenters. The Morgan fingerprint density at radius 3 is 2.17 bits per heavy atom. The van der Waals surface area contributed by atoms with Crippen molar-refractivity contribution in [1.29, 1.82) is 0 Å². The highest BCUT2D eigenvalue weighted by atomic mass is 35.5. The van der Waals surface area contributed by atoms with Crippen LogP contribution in [0.5, 0.6) is 5.75 Å². The first-order chi connectivity index (χ1) is 14.3. The van der Waals surface area contributed by atoms with Crippen molar-refractivity contribution in [3.05, 3.63) is 99.3 Å². The van der Waals surface area contributed by atoms with Crippen molar-refractivity contribution >= 4 is 23.4 Å². The lowest BCUT2D eigenvalue weighted by Gasteiger charge is -2.10. The van der Waals surface area contributed by atoms with Gasteiger partial charge in [-0.3, -0.25) is 0 Å². The lowest BCUT2D eigenvalue weighted by Crippen LogP contribution is -2.15. The number of ether oxygens (including phenoxy) is 1. The van der Waals surface area contributed by atoms with E-state index in [9.17, 15) is 9.18 Å². The van der Waals surface area contributed by atoms with E-state index in [2.05, 4.69) is 5.16 Å². The first kappa shape index (κ1) is 21.3. The van der Waals surface area contributed by atoms with Gasteiger partial charge in [0.15, 0.2) is 5.84 Å². The van der Waals surface area contributed by atoms with Crippen molar-refractivity contribution in [3.63, 3.8) is 0 Å². The van der Waals surface area contributed by atoms with Crippen LogP contribution in [0, 0.1) is 19.7 Å². The summed E-state index contributed by atoms with van der Waals surface area (Å²) in [5.74, 6) is -0.351. The maximum Gasteiger partial charge on any atom is 0.365 e. The largest absolute Gasteiger partial charge is 0.489 e.